The summed E-state index contributed by atoms with van der Waals surface area (Å²) in [6.45, 7) is 1.44. The van der Waals surface area contributed by atoms with Crippen molar-refractivity contribution in [2.45, 2.75) is 6.42 Å². The summed E-state index contributed by atoms with van der Waals surface area (Å²) in [6.07, 6.45) is 0.659. The smallest absolute Gasteiger partial charge is 0.310 e. The van der Waals surface area contributed by atoms with Crippen molar-refractivity contribution in [1.29, 1.82) is 0 Å². The van der Waals surface area contributed by atoms with Gasteiger partial charge in [-0.3, -0.25) is 14.9 Å². The second-order valence-corrected chi connectivity index (χ2v) is 4.43. The molecule has 1 N–H and O–H groups in total. The number of amides is 1. The van der Waals surface area contributed by atoms with Crippen molar-refractivity contribution in [3.05, 3.63) is 33.9 Å². The average molecular weight is 317 g/mol. The Kier molecular flexibility index (Phi) is 7.49. The second-order valence-electron chi connectivity index (χ2n) is 4.05. The van der Waals surface area contributed by atoms with Gasteiger partial charge in [-0.1, -0.05) is 0 Å². The number of hydrogen-bond donors (Lipinski definition) is 1. The van der Waals surface area contributed by atoms with E-state index >= 15 is 0 Å². The molecule has 21 heavy (non-hydrogen) atoms. The van der Waals surface area contributed by atoms with Crippen molar-refractivity contribution in [2.24, 2.45) is 0 Å². The van der Waals surface area contributed by atoms with Gasteiger partial charge in [-0.05, 0) is 12.5 Å². The lowest BCUT2D eigenvalue weighted by atomic mass is 10.1. The number of nitro benzene ring substituents is 1. The quantitative estimate of drug-likeness (QED) is 0.325. The summed E-state index contributed by atoms with van der Waals surface area (Å²) in [7, 11) is 1.32. The van der Waals surface area contributed by atoms with E-state index in [2.05, 4.69) is 5.32 Å². The van der Waals surface area contributed by atoms with Crippen molar-refractivity contribution in [2.75, 3.05) is 32.7 Å². The monoisotopic (exact) mass is 316 g/mol. The number of hydrogen-bond acceptors (Lipinski definition) is 5. The molecule has 0 aliphatic heterocycles. The van der Waals surface area contributed by atoms with Crippen LogP contribution in [-0.2, 0) is 4.74 Å². The van der Waals surface area contributed by atoms with E-state index in [1.165, 1.54) is 25.3 Å². The van der Waals surface area contributed by atoms with Gasteiger partial charge < -0.3 is 14.8 Å². The van der Waals surface area contributed by atoms with E-state index < -0.39 is 4.92 Å². The minimum absolute atomic E-state index is 0.0538. The van der Waals surface area contributed by atoms with Gasteiger partial charge in [-0.15, -0.1) is 11.6 Å². The highest BCUT2D eigenvalue weighted by molar-refractivity contribution is 6.17. The maximum Gasteiger partial charge on any atom is 0.310 e. The molecule has 0 heterocycles. The molecule has 116 valence electrons. The lowest BCUT2D eigenvalue weighted by Crippen LogP contribution is -2.25. The molecule has 1 amide bonds. The first kappa shape index (κ1) is 17.2. The van der Waals surface area contributed by atoms with Crippen LogP contribution in [0.15, 0.2) is 18.2 Å². The van der Waals surface area contributed by atoms with Gasteiger partial charge in [-0.2, -0.15) is 0 Å². The molecule has 1 aromatic rings. The van der Waals surface area contributed by atoms with Crippen LogP contribution in [0.2, 0.25) is 0 Å². The highest BCUT2D eigenvalue weighted by Gasteiger charge is 2.17. The SMILES string of the molecule is COc1cc(C(=O)NCCCOCCCl)ccc1[N+](=O)[O-]. The third-order valence-electron chi connectivity index (χ3n) is 2.61. The Hall–Kier alpha value is -1.86. The molecule has 7 nitrogen and oxygen atoms in total. The van der Waals surface area contributed by atoms with Crippen LogP contribution in [-0.4, -0.2) is 43.6 Å². The van der Waals surface area contributed by atoms with E-state index in [0.717, 1.165) is 0 Å². The third kappa shape index (κ3) is 5.57. The van der Waals surface area contributed by atoms with Crippen LogP contribution in [0.25, 0.3) is 0 Å². The highest BCUT2D eigenvalue weighted by Crippen LogP contribution is 2.27. The molecule has 0 aromatic heterocycles. The van der Waals surface area contributed by atoms with Gasteiger partial charge in [0.05, 0.1) is 18.6 Å². The molecule has 0 unspecified atom stereocenters. The summed E-state index contributed by atoms with van der Waals surface area (Å²) >= 11 is 5.45. The van der Waals surface area contributed by atoms with Crippen LogP contribution < -0.4 is 10.1 Å². The van der Waals surface area contributed by atoms with Gasteiger partial charge in [0.2, 0.25) is 0 Å². The number of nitro groups is 1. The largest absolute Gasteiger partial charge is 0.490 e. The fourth-order valence-corrected chi connectivity index (χ4v) is 1.71. The van der Waals surface area contributed by atoms with E-state index in [1.54, 1.807) is 0 Å². The third-order valence-corrected chi connectivity index (χ3v) is 2.77. The molecule has 0 radical (unpaired) electrons. The Labute approximate surface area is 127 Å². The molecule has 0 aliphatic rings. The van der Waals surface area contributed by atoms with Crippen LogP contribution in [0.4, 0.5) is 5.69 Å². The number of alkyl halides is 1. The number of halogens is 1. The summed E-state index contributed by atoms with van der Waals surface area (Å²) in [5, 5.41) is 13.5. The van der Waals surface area contributed by atoms with Crippen molar-refractivity contribution in [3.8, 4) is 5.75 Å². The molecule has 0 aliphatic carbocycles. The lowest BCUT2D eigenvalue weighted by Gasteiger charge is -2.07. The Balaban J connectivity index is 2.53. The average Bonchev–Trinajstić information content (AvgIpc) is 2.49. The molecule has 1 aromatic carbocycles. The molecular formula is C13H17ClN2O5. The van der Waals surface area contributed by atoms with E-state index in [9.17, 15) is 14.9 Å². The molecule has 0 atom stereocenters. The van der Waals surface area contributed by atoms with E-state index in [-0.39, 0.29) is 17.3 Å². The standard InChI is InChI=1S/C13H17ClN2O5/c1-20-12-9-10(3-4-11(12)16(18)19)13(17)15-6-2-7-21-8-5-14/h3-4,9H,2,5-8H2,1H3,(H,15,17). The summed E-state index contributed by atoms with van der Waals surface area (Å²) in [4.78, 5) is 22.1. The Morgan fingerprint density at radius 1 is 1.43 bits per heavy atom. The number of rotatable bonds is 9. The predicted octanol–water partition coefficient (Wildman–Crippen LogP) is 1.98. The fourth-order valence-electron chi connectivity index (χ4n) is 1.60. The van der Waals surface area contributed by atoms with Gasteiger partial charge in [0.25, 0.3) is 5.91 Å². The maximum atomic E-state index is 11.9. The van der Waals surface area contributed by atoms with Crippen molar-refractivity contribution >= 4 is 23.2 Å². The highest BCUT2D eigenvalue weighted by atomic mass is 35.5. The predicted molar refractivity (Wildman–Crippen MR) is 78.1 cm³/mol. The Morgan fingerprint density at radius 3 is 2.81 bits per heavy atom. The summed E-state index contributed by atoms with van der Waals surface area (Å²) in [6, 6.07) is 3.98. The van der Waals surface area contributed by atoms with Gasteiger partial charge in [-0.25, -0.2) is 0 Å². The zero-order valence-corrected chi connectivity index (χ0v) is 12.4. The fraction of sp³-hybridized carbons (Fsp3) is 0.462. The lowest BCUT2D eigenvalue weighted by molar-refractivity contribution is -0.385. The van der Waals surface area contributed by atoms with Gasteiger partial charge >= 0.3 is 5.69 Å². The Bertz CT molecular complexity index is 495. The maximum absolute atomic E-state index is 11.9. The minimum Gasteiger partial charge on any atom is -0.490 e. The summed E-state index contributed by atoms with van der Waals surface area (Å²) in [5.41, 5.74) is 0.127. The summed E-state index contributed by atoms with van der Waals surface area (Å²) < 4.78 is 10.1. The van der Waals surface area contributed by atoms with Crippen LogP contribution in [0, 0.1) is 10.1 Å². The van der Waals surface area contributed by atoms with Crippen molar-refractivity contribution < 1.29 is 19.2 Å². The van der Waals surface area contributed by atoms with Crippen molar-refractivity contribution in [3.63, 3.8) is 0 Å². The number of benzene rings is 1. The Morgan fingerprint density at radius 2 is 2.19 bits per heavy atom. The van der Waals surface area contributed by atoms with Crippen LogP contribution in [0.3, 0.4) is 0 Å². The molecule has 0 saturated carbocycles. The van der Waals surface area contributed by atoms with Gasteiger partial charge in [0.1, 0.15) is 0 Å². The molecule has 0 saturated heterocycles. The number of nitrogens with one attached hydrogen (secondary N) is 1. The van der Waals surface area contributed by atoms with Gasteiger partial charge in [0, 0.05) is 36.7 Å². The summed E-state index contributed by atoms with van der Waals surface area (Å²) in [5.74, 6) is 0.174. The molecule has 8 heteroatoms. The second kappa shape index (κ2) is 9.15. The molecule has 0 spiro atoms. The van der Waals surface area contributed by atoms with Crippen LogP contribution in [0.5, 0.6) is 5.75 Å². The molecular weight excluding hydrogens is 300 g/mol. The number of methoxy groups -OCH3 is 1. The van der Waals surface area contributed by atoms with Crippen LogP contribution >= 0.6 is 11.6 Å². The van der Waals surface area contributed by atoms with E-state index in [1.807, 2.05) is 0 Å². The number of nitrogens with zero attached hydrogens (tertiary/aromatic N) is 1. The normalized spacial score (nSPS) is 10.2. The number of carbonyl (C=O) groups excluding carboxylic acids is 1. The molecule has 0 bridgehead atoms. The topological polar surface area (TPSA) is 90.7 Å². The van der Waals surface area contributed by atoms with E-state index in [0.29, 0.717) is 37.6 Å². The first-order valence-corrected chi connectivity index (χ1v) is 6.88. The number of ether oxygens (including phenoxy) is 2. The minimum atomic E-state index is -0.561. The van der Waals surface area contributed by atoms with Crippen molar-refractivity contribution in [1.82, 2.24) is 5.32 Å². The zero-order valence-electron chi connectivity index (χ0n) is 11.6. The zero-order chi connectivity index (χ0) is 15.7. The number of carbonyl (C=O) groups is 1. The first-order chi connectivity index (χ1) is 10.1. The van der Waals surface area contributed by atoms with Gasteiger partial charge in [0.15, 0.2) is 5.75 Å². The molecule has 0 fully saturated rings. The van der Waals surface area contributed by atoms with E-state index in [4.69, 9.17) is 21.1 Å². The molecule has 1 rings (SSSR count). The van der Waals surface area contributed by atoms with Crippen LogP contribution in [0.1, 0.15) is 16.8 Å². The first-order valence-electron chi connectivity index (χ1n) is 6.34.